The lowest BCUT2D eigenvalue weighted by Gasteiger charge is -2.18. The van der Waals surface area contributed by atoms with E-state index in [4.69, 9.17) is 21.1 Å². The maximum Gasteiger partial charge on any atom is 0.236 e. The molecule has 1 fully saturated rings. The van der Waals surface area contributed by atoms with Gasteiger partial charge in [0.15, 0.2) is 0 Å². The molecule has 1 aliphatic carbocycles. The van der Waals surface area contributed by atoms with Crippen molar-refractivity contribution >= 4 is 17.5 Å². The summed E-state index contributed by atoms with van der Waals surface area (Å²) in [5.41, 5.74) is 5.82. The number of hydrogen-bond donors (Lipinski definition) is 2. The van der Waals surface area contributed by atoms with E-state index in [1.807, 2.05) is 12.1 Å². The van der Waals surface area contributed by atoms with Gasteiger partial charge >= 0.3 is 0 Å². The molecule has 2 heterocycles. The number of ether oxygens (including phenoxy) is 2. The van der Waals surface area contributed by atoms with Crippen LogP contribution in [-0.4, -0.2) is 30.6 Å². The second-order valence-electron chi connectivity index (χ2n) is 8.76. The molecule has 3 aromatic rings. The van der Waals surface area contributed by atoms with Gasteiger partial charge in [0.25, 0.3) is 0 Å². The number of aromatic nitrogens is 1. The molecule has 176 valence electrons. The summed E-state index contributed by atoms with van der Waals surface area (Å²) in [4.78, 5) is 16.0. The normalized spacial score (nSPS) is 19.1. The van der Waals surface area contributed by atoms with E-state index in [0.717, 1.165) is 24.8 Å². The van der Waals surface area contributed by atoms with Gasteiger partial charge in [-0.3, -0.25) is 4.79 Å². The van der Waals surface area contributed by atoms with Crippen LogP contribution in [0.1, 0.15) is 42.1 Å². The smallest absolute Gasteiger partial charge is 0.236 e. The van der Waals surface area contributed by atoms with Crippen LogP contribution in [-0.2, 0) is 17.8 Å². The molecular weight excluding hydrogens is 450 g/mol. The molecule has 2 atom stereocenters. The third-order valence-electron chi connectivity index (χ3n) is 6.52. The first kappa shape index (κ1) is 22.7. The molecule has 2 aromatic carbocycles. The lowest BCUT2D eigenvalue weighted by atomic mass is 9.97. The van der Waals surface area contributed by atoms with Gasteiger partial charge in [0.2, 0.25) is 17.7 Å². The Hall–Kier alpha value is -3.09. The van der Waals surface area contributed by atoms with Gasteiger partial charge in [0, 0.05) is 31.1 Å². The van der Waals surface area contributed by atoms with Gasteiger partial charge in [-0.25, -0.2) is 0 Å². The van der Waals surface area contributed by atoms with Gasteiger partial charge in [-0.1, -0.05) is 60.1 Å². The van der Waals surface area contributed by atoms with Gasteiger partial charge in [-0.15, -0.1) is 0 Å². The second-order valence-corrected chi connectivity index (χ2v) is 9.17. The second kappa shape index (κ2) is 10.0. The third-order valence-corrected chi connectivity index (χ3v) is 6.79. The number of nitrogens with zero attached hydrogens (tertiary/aromatic N) is 1. The van der Waals surface area contributed by atoms with Crippen LogP contribution in [0.5, 0.6) is 11.8 Å². The average molecular weight is 478 g/mol. The molecule has 1 amide bonds. The number of carbonyl (C=O) groups excluding carboxylic acids is 1. The Morgan fingerprint density at radius 1 is 1.09 bits per heavy atom. The van der Waals surface area contributed by atoms with Crippen LogP contribution in [0.3, 0.4) is 0 Å². The average Bonchev–Trinajstić information content (AvgIpc) is 3.47. The summed E-state index contributed by atoms with van der Waals surface area (Å²) in [6, 6.07) is 18.8. The zero-order chi connectivity index (χ0) is 23.5. The van der Waals surface area contributed by atoms with E-state index >= 15 is 0 Å². The van der Waals surface area contributed by atoms with Crippen LogP contribution in [0.4, 0.5) is 0 Å². The Bertz CT molecular complexity index is 1190. The summed E-state index contributed by atoms with van der Waals surface area (Å²) < 4.78 is 11.9. The van der Waals surface area contributed by atoms with E-state index < -0.39 is 0 Å². The van der Waals surface area contributed by atoms with Gasteiger partial charge in [0.1, 0.15) is 11.1 Å². The molecule has 1 aliphatic heterocycles. The Kier molecular flexibility index (Phi) is 6.70. The van der Waals surface area contributed by atoms with Gasteiger partial charge in [-0.2, -0.15) is 4.98 Å². The summed E-state index contributed by atoms with van der Waals surface area (Å²) in [6.45, 7) is 1.22. The molecule has 5 rings (SSSR count). The standard InChI is InChI=1S/C27H28ClN3O3/c1-33-26-18(15-29-16-19-10-13-25(32)30-19)14-23(28)27(31-26)34-24-12-11-21-20(8-5-9-22(21)24)17-6-3-2-4-7-17/h2-9,14,19,24,29H,10-13,15-16H2,1H3,(H,30,32)/t19?,24-/m0/s1. The number of methoxy groups -OCH3 is 1. The number of hydrogen-bond acceptors (Lipinski definition) is 5. The quantitative estimate of drug-likeness (QED) is 0.485. The fourth-order valence-electron chi connectivity index (χ4n) is 4.85. The number of nitrogens with one attached hydrogen (secondary N) is 2. The molecule has 0 saturated carbocycles. The largest absolute Gasteiger partial charge is 0.481 e. The molecule has 0 spiro atoms. The molecule has 7 heteroatoms. The predicted molar refractivity (Wildman–Crippen MR) is 132 cm³/mol. The minimum Gasteiger partial charge on any atom is -0.481 e. The van der Waals surface area contributed by atoms with E-state index in [1.165, 1.54) is 22.3 Å². The molecule has 0 radical (unpaired) electrons. The highest BCUT2D eigenvalue weighted by atomic mass is 35.5. The lowest BCUT2D eigenvalue weighted by Crippen LogP contribution is -2.35. The number of carbonyl (C=O) groups is 1. The van der Waals surface area contributed by atoms with Crippen molar-refractivity contribution in [2.24, 2.45) is 0 Å². The Morgan fingerprint density at radius 2 is 1.94 bits per heavy atom. The highest BCUT2D eigenvalue weighted by molar-refractivity contribution is 6.31. The molecule has 2 aliphatic rings. The van der Waals surface area contributed by atoms with Crippen molar-refractivity contribution in [3.63, 3.8) is 0 Å². The number of fused-ring (bicyclic) bond motifs is 1. The monoisotopic (exact) mass is 477 g/mol. The Morgan fingerprint density at radius 3 is 2.71 bits per heavy atom. The van der Waals surface area contributed by atoms with E-state index in [2.05, 4.69) is 58.1 Å². The number of rotatable bonds is 8. The Balaban J connectivity index is 1.31. The van der Waals surface area contributed by atoms with Crippen LogP contribution < -0.4 is 20.1 Å². The summed E-state index contributed by atoms with van der Waals surface area (Å²) in [5, 5.41) is 6.77. The van der Waals surface area contributed by atoms with Crippen molar-refractivity contribution in [3.05, 3.63) is 76.3 Å². The molecule has 6 nitrogen and oxygen atoms in total. The zero-order valence-corrected chi connectivity index (χ0v) is 19.9. The van der Waals surface area contributed by atoms with Gasteiger partial charge < -0.3 is 20.1 Å². The van der Waals surface area contributed by atoms with Crippen LogP contribution >= 0.6 is 11.6 Å². The first-order chi connectivity index (χ1) is 16.6. The number of benzene rings is 2. The highest BCUT2D eigenvalue weighted by Crippen LogP contribution is 2.41. The van der Waals surface area contributed by atoms with E-state index in [9.17, 15) is 4.79 Å². The molecular formula is C27H28ClN3O3. The fraction of sp³-hybridized carbons (Fsp3) is 0.333. The summed E-state index contributed by atoms with van der Waals surface area (Å²) in [5.74, 6) is 0.979. The van der Waals surface area contributed by atoms with Gasteiger partial charge in [0.05, 0.1) is 7.11 Å². The van der Waals surface area contributed by atoms with Crippen LogP contribution in [0, 0.1) is 0 Å². The Labute approximate surface area is 204 Å². The maximum atomic E-state index is 11.4. The molecule has 1 aromatic heterocycles. The van der Waals surface area contributed by atoms with Gasteiger partial charge in [-0.05, 0) is 47.6 Å². The summed E-state index contributed by atoms with van der Waals surface area (Å²) in [6.07, 6.45) is 3.15. The predicted octanol–water partition coefficient (Wildman–Crippen LogP) is 4.85. The topological polar surface area (TPSA) is 72.5 Å². The minimum atomic E-state index is -0.108. The third kappa shape index (κ3) is 4.74. The van der Waals surface area contributed by atoms with Crippen molar-refractivity contribution in [3.8, 4) is 22.9 Å². The first-order valence-electron chi connectivity index (χ1n) is 11.7. The maximum absolute atomic E-state index is 11.4. The number of amides is 1. The summed E-state index contributed by atoms with van der Waals surface area (Å²) >= 11 is 6.59. The number of halogens is 1. The van der Waals surface area contributed by atoms with Crippen molar-refractivity contribution in [2.45, 2.75) is 44.4 Å². The first-order valence-corrected chi connectivity index (χ1v) is 12.1. The number of pyridine rings is 1. The van der Waals surface area contributed by atoms with Crippen LogP contribution in [0.2, 0.25) is 5.02 Å². The molecule has 34 heavy (non-hydrogen) atoms. The molecule has 0 bridgehead atoms. The van der Waals surface area contributed by atoms with E-state index in [0.29, 0.717) is 36.3 Å². The highest BCUT2D eigenvalue weighted by Gasteiger charge is 2.28. The minimum absolute atomic E-state index is 0.108. The SMILES string of the molecule is COc1nc(O[C@H]2CCc3c(-c4ccccc4)cccc32)c(Cl)cc1CNCC1CCC(=O)N1. The lowest BCUT2D eigenvalue weighted by molar-refractivity contribution is -0.119. The van der Waals surface area contributed by atoms with E-state index in [1.54, 1.807) is 7.11 Å². The van der Waals surface area contributed by atoms with Crippen molar-refractivity contribution in [1.82, 2.24) is 15.6 Å². The molecule has 1 saturated heterocycles. The van der Waals surface area contributed by atoms with E-state index in [-0.39, 0.29) is 18.1 Å². The van der Waals surface area contributed by atoms with Crippen LogP contribution in [0.15, 0.2) is 54.6 Å². The summed E-state index contributed by atoms with van der Waals surface area (Å²) in [7, 11) is 1.59. The fourth-order valence-corrected chi connectivity index (χ4v) is 5.07. The molecule has 2 N–H and O–H groups in total. The zero-order valence-electron chi connectivity index (χ0n) is 19.1. The van der Waals surface area contributed by atoms with Crippen molar-refractivity contribution in [1.29, 1.82) is 0 Å². The van der Waals surface area contributed by atoms with Crippen LogP contribution in [0.25, 0.3) is 11.1 Å². The van der Waals surface area contributed by atoms with Crippen molar-refractivity contribution < 1.29 is 14.3 Å². The molecule has 1 unspecified atom stereocenters. The van der Waals surface area contributed by atoms with Crippen molar-refractivity contribution in [2.75, 3.05) is 13.7 Å².